The molecule has 27 heavy (non-hydrogen) atoms. The van der Waals surface area contributed by atoms with E-state index in [9.17, 15) is 8.42 Å². The van der Waals surface area contributed by atoms with Crippen LogP contribution in [0.4, 0.5) is 0 Å². The zero-order valence-electron chi connectivity index (χ0n) is 15.9. The van der Waals surface area contributed by atoms with Gasteiger partial charge >= 0.3 is 0 Å². The topological polar surface area (TPSA) is 91.8 Å². The number of hydrogen-bond acceptors (Lipinski definition) is 5. The largest absolute Gasteiger partial charge is 0.373 e. The highest BCUT2D eigenvalue weighted by molar-refractivity contribution is 14.0. The average molecular weight is 528 g/mol. The first kappa shape index (κ1) is 22.9. The van der Waals surface area contributed by atoms with Gasteiger partial charge in [0.15, 0.2) is 5.96 Å². The molecule has 3 rings (SSSR count). The predicted octanol–water partition coefficient (Wildman–Crippen LogP) is 2.14. The van der Waals surface area contributed by atoms with Crippen LogP contribution in [-0.4, -0.2) is 52.3 Å². The molecule has 0 radical (unpaired) electrons. The zero-order valence-corrected chi connectivity index (χ0v) is 19.9. The van der Waals surface area contributed by atoms with Crippen molar-refractivity contribution in [1.82, 2.24) is 15.4 Å². The van der Waals surface area contributed by atoms with Crippen molar-refractivity contribution in [3.8, 4) is 0 Å². The number of sulfonamides is 1. The Morgan fingerprint density at radius 2 is 2.15 bits per heavy atom. The summed E-state index contributed by atoms with van der Waals surface area (Å²) < 4.78 is 33.3. The van der Waals surface area contributed by atoms with Gasteiger partial charge in [-0.05, 0) is 46.1 Å². The van der Waals surface area contributed by atoms with E-state index < -0.39 is 10.0 Å². The molecule has 10 heteroatoms. The smallest absolute Gasteiger partial charge is 0.241 e. The standard InChI is InChI=1S/C17H28N4O3S2.HI/c1-4-18-17(21-14-10-13-5-6-15(14)24-13)19-7-8-20-26(22,23)16-9-11(2)25-12(16)3;/h9,13-15,20H,4-8,10H2,1-3H3,(H2,18,19,21);1H. The lowest BCUT2D eigenvalue weighted by molar-refractivity contribution is 0.0992. The summed E-state index contributed by atoms with van der Waals surface area (Å²) in [6, 6.07) is 2.01. The Balaban J connectivity index is 0.00000261. The van der Waals surface area contributed by atoms with Crippen LogP contribution in [-0.2, 0) is 14.8 Å². The molecule has 2 bridgehead atoms. The first-order chi connectivity index (χ1) is 12.4. The van der Waals surface area contributed by atoms with Crippen molar-refractivity contribution < 1.29 is 13.2 Å². The molecule has 2 fully saturated rings. The highest BCUT2D eigenvalue weighted by atomic mass is 127. The molecule has 154 valence electrons. The lowest BCUT2D eigenvalue weighted by Gasteiger charge is -2.22. The van der Waals surface area contributed by atoms with Crippen LogP contribution in [0, 0.1) is 13.8 Å². The number of guanidine groups is 1. The van der Waals surface area contributed by atoms with Crippen molar-refractivity contribution in [1.29, 1.82) is 0 Å². The molecule has 3 N–H and O–H groups in total. The molecule has 0 aliphatic carbocycles. The van der Waals surface area contributed by atoms with Crippen LogP contribution in [0.5, 0.6) is 0 Å². The van der Waals surface area contributed by atoms with Crippen molar-refractivity contribution in [3.63, 3.8) is 0 Å². The molecule has 2 aliphatic heterocycles. The monoisotopic (exact) mass is 528 g/mol. The van der Waals surface area contributed by atoms with Gasteiger partial charge < -0.3 is 15.4 Å². The lowest BCUT2D eigenvalue weighted by Crippen LogP contribution is -2.47. The van der Waals surface area contributed by atoms with Gasteiger partial charge in [0.25, 0.3) is 0 Å². The molecular formula is C17H29IN4O3S2. The minimum absolute atomic E-state index is 0. The maximum Gasteiger partial charge on any atom is 0.241 e. The second-order valence-electron chi connectivity index (χ2n) is 6.80. The van der Waals surface area contributed by atoms with Crippen LogP contribution < -0.4 is 15.4 Å². The van der Waals surface area contributed by atoms with Gasteiger partial charge in [0.2, 0.25) is 10.0 Å². The normalized spacial score (nSPS) is 24.7. The number of nitrogens with zero attached hydrogens (tertiary/aromatic N) is 1. The van der Waals surface area contributed by atoms with Gasteiger partial charge in [-0.2, -0.15) is 0 Å². The second kappa shape index (κ2) is 9.86. The number of nitrogens with one attached hydrogen (secondary N) is 3. The molecule has 7 nitrogen and oxygen atoms in total. The molecule has 3 unspecified atom stereocenters. The van der Waals surface area contributed by atoms with Crippen molar-refractivity contribution in [2.75, 3.05) is 19.6 Å². The third-order valence-electron chi connectivity index (χ3n) is 4.73. The van der Waals surface area contributed by atoms with Gasteiger partial charge in [-0.1, -0.05) is 0 Å². The Morgan fingerprint density at radius 1 is 1.37 bits per heavy atom. The summed E-state index contributed by atoms with van der Waals surface area (Å²) in [5, 5.41) is 6.65. The number of hydrogen-bond donors (Lipinski definition) is 3. The maximum absolute atomic E-state index is 12.4. The maximum atomic E-state index is 12.4. The van der Waals surface area contributed by atoms with E-state index in [1.165, 1.54) is 11.3 Å². The fourth-order valence-corrected chi connectivity index (χ4v) is 6.16. The number of aliphatic imine (C=N–C) groups is 1. The van der Waals surface area contributed by atoms with Crippen molar-refractivity contribution >= 4 is 51.3 Å². The molecule has 2 saturated heterocycles. The SMILES string of the molecule is CCNC(=NCCNS(=O)(=O)c1cc(C)sc1C)NC1CC2CCC1O2.I. The number of rotatable bonds is 7. The fraction of sp³-hybridized carbons (Fsp3) is 0.706. The first-order valence-electron chi connectivity index (χ1n) is 9.16. The van der Waals surface area contributed by atoms with Crippen LogP contribution in [0.15, 0.2) is 16.0 Å². The van der Waals surface area contributed by atoms with E-state index in [4.69, 9.17) is 4.74 Å². The van der Waals surface area contributed by atoms with Gasteiger partial charge in [0, 0.05) is 22.8 Å². The summed E-state index contributed by atoms with van der Waals surface area (Å²) in [4.78, 5) is 6.67. The van der Waals surface area contributed by atoms with Gasteiger partial charge in [-0.3, -0.25) is 4.99 Å². The van der Waals surface area contributed by atoms with E-state index in [-0.39, 0.29) is 36.6 Å². The van der Waals surface area contributed by atoms with Gasteiger partial charge in [0.1, 0.15) is 0 Å². The molecule has 0 saturated carbocycles. The number of ether oxygens (including phenoxy) is 1. The van der Waals surface area contributed by atoms with Crippen LogP contribution in [0.3, 0.4) is 0 Å². The summed E-state index contributed by atoms with van der Waals surface area (Å²) in [6.45, 7) is 7.15. The minimum Gasteiger partial charge on any atom is -0.373 e. The second-order valence-corrected chi connectivity index (χ2v) is 9.99. The van der Waals surface area contributed by atoms with Crippen LogP contribution in [0.1, 0.15) is 35.9 Å². The molecule has 0 amide bonds. The van der Waals surface area contributed by atoms with Crippen molar-refractivity contribution in [2.45, 2.75) is 63.2 Å². The molecule has 1 aromatic heterocycles. The van der Waals surface area contributed by atoms with Crippen molar-refractivity contribution in [2.24, 2.45) is 4.99 Å². The molecule has 0 spiro atoms. The van der Waals surface area contributed by atoms with E-state index in [1.807, 2.05) is 20.8 Å². The third-order valence-corrected chi connectivity index (χ3v) is 7.41. The summed E-state index contributed by atoms with van der Waals surface area (Å²) in [5.41, 5.74) is 0. The third kappa shape index (κ3) is 5.78. The van der Waals surface area contributed by atoms with E-state index in [0.29, 0.717) is 23.6 Å². The van der Waals surface area contributed by atoms with Gasteiger partial charge in [-0.25, -0.2) is 13.1 Å². The number of aryl methyl sites for hydroxylation is 2. The van der Waals surface area contributed by atoms with E-state index >= 15 is 0 Å². The molecular weight excluding hydrogens is 499 g/mol. The van der Waals surface area contributed by atoms with Crippen LogP contribution in [0.25, 0.3) is 0 Å². The fourth-order valence-electron chi connectivity index (χ4n) is 3.59. The Morgan fingerprint density at radius 3 is 2.70 bits per heavy atom. The predicted molar refractivity (Wildman–Crippen MR) is 120 cm³/mol. The lowest BCUT2D eigenvalue weighted by atomic mass is 9.96. The van der Waals surface area contributed by atoms with E-state index in [0.717, 1.165) is 41.5 Å². The van der Waals surface area contributed by atoms with Gasteiger partial charge in [0.05, 0.1) is 29.7 Å². The summed E-state index contributed by atoms with van der Waals surface area (Å²) in [5.74, 6) is 0.718. The number of thiophene rings is 1. The highest BCUT2D eigenvalue weighted by Gasteiger charge is 2.41. The zero-order chi connectivity index (χ0) is 18.7. The van der Waals surface area contributed by atoms with Crippen LogP contribution >= 0.6 is 35.3 Å². The summed E-state index contributed by atoms with van der Waals surface area (Å²) >= 11 is 1.49. The molecule has 3 atom stereocenters. The van der Waals surface area contributed by atoms with E-state index in [1.54, 1.807) is 6.07 Å². The van der Waals surface area contributed by atoms with E-state index in [2.05, 4.69) is 20.3 Å². The van der Waals surface area contributed by atoms with Crippen molar-refractivity contribution in [3.05, 3.63) is 15.8 Å². The highest BCUT2D eigenvalue weighted by Crippen LogP contribution is 2.34. The Hall–Kier alpha value is -0.430. The minimum atomic E-state index is -3.48. The average Bonchev–Trinajstić information content (AvgIpc) is 3.27. The summed E-state index contributed by atoms with van der Waals surface area (Å²) in [6.07, 6.45) is 3.91. The first-order valence-corrected chi connectivity index (χ1v) is 11.5. The molecule has 1 aromatic rings. The Kier molecular flexibility index (Phi) is 8.34. The molecule has 3 heterocycles. The van der Waals surface area contributed by atoms with Crippen LogP contribution in [0.2, 0.25) is 0 Å². The number of fused-ring (bicyclic) bond motifs is 2. The van der Waals surface area contributed by atoms with Gasteiger partial charge in [-0.15, -0.1) is 35.3 Å². The molecule has 0 aromatic carbocycles. The Labute approximate surface area is 182 Å². The molecule has 2 aliphatic rings. The quantitative estimate of drug-likeness (QED) is 0.218. The Bertz CT molecular complexity index is 766. The summed E-state index contributed by atoms with van der Waals surface area (Å²) in [7, 11) is -3.48. The number of halogens is 1.